The Labute approximate surface area is 156 Å². The lowest BCUT2D eigenvalue weighted by Gasteiger charge is -2.19. The van der Waals surface area contributed by atoms with Crippen LogP contribution in [0.4, 0.5) is 0 Å². The number of aromatic nitrogens is 1. The molecule has 1 atom stereocenters. The number of amides is 1. The first-order chi connectivity index (χ1) is 12.2. The van der Waals surface area contributed by atoms with Gasteiger partial charge in [0.25, 0.3) is 5.91 Å². The van der Waals surface area contributed by atoms with Crippen molar-refractivity contribution in [3.63, 3.8) is 0 Å². The Hall–Kier alpha value is -2.30. The number of nitrogens with zero attached hydrogens (tertiary/aromatic N) is 1. The molecule has 0 aliphatic carbocycles. The minimum atomic E-state index is -0.344. The quantitative estimate of drug-likeness (QED) is 0.646. The van der Waals surface area contributed by atoms with Crippen molar-refractivity contribution in [3.05, 3.63) is 94.8 Å². The number of nitrogens with one attached hydrogen (secondary N) is 1. The molecule has 5 heteroatoms. The second-order valence-corrected chi connectivity index (χ2v) is 6.70. The van der Waals surface area contributed by atoms with E-state index in [1.54, 1.807) is 24.0 Å². The number of carbonyl (C=O) groups is 1. The van der Waals surface area contributed by atoms with Crippen LogP contribution in [-0.2, 0) is 0 Å². The van der Waals surface area contributed by atoms with Gasteiger partial charge in [-0.2, -0.15) is 0 Å². The molecule has 3 aromatic rings. The largest absolute Gasteiger partial charge is 0.339 e. The van der Waals surface area contributed by atoms with Crippen LogP contribution in [-0.4, -0.2) is 17.1 Å². The molecule has 0 saturated carbocycles. The predicted molar refractivity (Wildman–Crippen MR) is 103 cm³/mol. The van der Waals surface area contributed by atoms with Crippen LogP contribution in [0.3, 0.4) is 0 Å². The molecule has 1 amide bonds. The summed E-state index contributed by atoms with van der Waals surface area (Å²) >= 11 is 7.81. The van der Waals surface area contributed by atoms with Crippen LogP contribution in [0.5, 0.6) is 0 Å². The highest BCUT2D eigenvalue weighted by molar-refractivity contribution is 7.98. The maximum absolute atomic E-state index is 12.9. The van der Waals surface area contributed by atoms with E-state index in [4.69, 9.17) is 11.6 Å². The summed E-state index contributed by atoms with van der Waals surface area (Å²) in [6.07, 6.45) is 3.68. The highest BCUT2D eigenvalue weighted by Crippen LogP contribution is 2.25. The molecule has 3 nitrogen and oxygen atoms in total. The van der Waals surface area contributed by atoms with Gasteiger partial charge in [0.2, 0.25) is 0 Å². The highest BCUT2D eigenvalue weighted by atomic mass is 35.5. The minimum Gasteiger partial charge on any atom is -0.339 e. The maximum atomic E-state index is 12.9. The summed E-state index contributed by atoms with van der Waals surface area (Å²) in [7, 11) is 0. The molecule has 0 bridgehead atoms. The predicted octanol–water partition coefficient (Wildman–Crippen LogP) is 4.98. The van der Waals surface area contributed by atoms with Gasteiger partial charge in [0.05, 0.1) is 22.3 Å². The van der Waals surface area contributed by atoms with Gasteiger partial charge in [-0.15, -0.1) is 11.8 Å². The number of hydrogen-bond acceptors (Lipinski definition) is 3. The number of thioether (sulfide) groups is 1. The van der Waals surface area contributed by atoms with Crippen molar-refractivity contribution in [2.24, 2.45) is 0 Å². The van der Waals surface area contributed by atoms with Crippen molar-refractivity contribution in [3.8, 4) is 0 Å². The number of hydrogen-bond donors (Lipinski definition) is 1. The Bertz CT molecular complexity index is 817. The van der Waals surface area contributed by atoms with E-state index >= 15 is 0 Å². The zero-order valence-electron chi connectivity index (χ0n) is 13.6. The van der Waals surface area contributed by atoms with Crippen LogP contribution >= 0.6 is 23.4 Å². The van der Waals surface area contributed by atoms with Gasteiger partial charge in [0.15, 0.2) is 0 Å². The second-order valence-electron chi connectivity index (χ2n) is 5.42. The molecule has 1 unspecified atom stereocenters. The molecule has 0 fully saturated rings. The van der Waals surface area contributed by atoms with E-state index < -0.39 is 0 Å². The second kappa shape index (κ2) is 8.19. The molecule has 1 N–H and O–H groups in total. The van der Waals surface area contributed by atoms with Crippen LogP contribution < -0.4 is 5.32 Å². The third-order valence-electron chi connectivity index (χ3n) is 3.81. The lowest BCUT2D eigenvalue weighted by Crippen LogP contribution is -2.30. The third kappa shape index (κ3) is 4.21. The lowest BCUT2D eigenvalue weighted by atomic mass is 10.0. The van der Waals surface area contributed by atoms with Crippen molar-refractivity contribution < 1.29 is 4.79 Å². The molecule has 1 aromatic heterocycles. The van der Waals surface area contributed by atoms with Gasteiger partial charge < -0.3 is 5.32 Å². The summed E-state index contributed by atoms with van der Waals surface area (Å²) in [5.41, 5.74) is 2.20. The van der Waals surface area contributed by atoms with E-state index in [1.165, 1.54) is 0 Å². The Balaban J connectivity index is 1.95. The summed E-state index contributed by atoms with van der Waals surface area (Å²) in [6, 6.07) is 20.6. The highest BCUT2D eigenvalue weighted by Gasteiger charge is 2.20. The minimum absolute atomic E-state index is 0.222. The molecule has 126 valence electrons. The summed E-state index contributed by atoms with van der Waals surface area (Å²) in [5.74, 6) is -0.222. The summed E-state index contributed by atoms with van der Waals surface area (Å²) in [6.45, 7) is 0. The van der Waals surface area contributed by atoms with Gasteiger partial charge in [-0.3, -0.25) is 9.78 Å². The number of carbonyl (C=O) groups excluding carboxylic acids is 1. The molecule has 3 rings (SSSR count). The molecule has 0 radical (unpaired) electrons. The number of pyridine rings is 1. The van der Waals surface area contributed by atoms with Gasteiger partial charge in [-0.25, -0.2) is 0 Å². The van der Waals surface area contributed by atoms with Crippen molar-refractivity contribution in [1.29, 1.82) is 0 Å². The maximum Gasteiger partial charge on any atom is 0.253 e. The number of benzene rings is 2. The molecule has 0 saturated heterocycles. The zero-order valence-corrected chi connectivity index (χ0v) is 15.2. The van der Waals surface area contributed by atoms with E-state index in [1.807, 2.05) is 66.9 Å². The molecule has 25 heavy (non-hydrogen) atoms. The van der Waals surface area contributed by atoms with E-state index in [-0.39, 0.29) is 11.9 Å². The van der Waals surface area contributed by atoms with Gasteiger partial charge in [-0.1, -0.05) is 48.0 Å². The zero-order chi connectivity index (χ0) is 17.6. The first-order valence-electron chi connectivity index (χ1n) is 7.79. The summed E-state index contributed by atoms with van der Waals surface area (Å²) in [5, 5.41) is 3.50. The standard InChI is InChI=1S/C20H17ClN2OS/c1-25-15-10-11-17(21)16(13-15)20(24)23-19(14-7-3-2-4-8-14)18-9-5-6-12-22-18/h2-13,19H,1H3,(H,23,24). The van der Waals surface area contributed by atoms with E-state index in [9.17, 15) is 4.79 Å². The van der Waals surface area contributed by atoms with Crippen LogP contribution in [0.15, 0.2) is 77.8 Å². The molecule has 2 aromatic carbocycles. The van der Waals surface area contributed by atoms with Gasteiger partial charge in [-0.05, 0) is 42.2 Å². The first kappa shape index (κ1) is 17.5. The fraction of sp³-hybridized carbons (Fsp3) is 0.100. The van der Waals surface area contributed by atoms with Crippen molar-refractivity contribution >= 4 is 29.3 Å². The normalized spacial score (nSPS) is 11.8. The molecule has 0 spiro atoms. The van der Waals surface area contributed by atoms with Gasteiger partial charge in [0, 0.05) is 11.1 Å². The number of halogens is 1. The fourth-order valence-corrected chi connectivity index (χ4v) is 3.18. The SMILES string of the molecule is CSc1ccc(Cl)c(C(=O)NC(c2ccccc2)c2ccccn2)c1. The fourth-order valence-electron chi connectivity index (χ4n) is 2.53. The average Bonchev–Trinajstić information content (AvgIpc) is 2.67. The van der Waals surface area contributed by atoms with Crippen molar-refractivity contribution in [2.75, 3.05) is 6.26 Å². The monoisotopic (exact) mass is 368 g/mol. The summed E-state index contributed by atoms with van der Waals surface area (Å²) in [4.78, 5) is 18.3. The van der Waals surface area contributed by atoms with Gasteiger partial charge >= 0.3 is 0 Å². The lowest BCUT2D eigenvalue weighted by molar-refractivity contribution is 0.0942. The number of rotatable bonds is 5. The first-order valence-corrected chi connectivity index (χ1v) is 9.39. The van der Waals surface area contributed by atoms with Gasteiger partial charge in [0.1, 0.15) is 0 Å². The molecule has 1 heterocycles. The summed E-state index contributed by atoms with van der Waals surface area (Å²) < 4.78 is 0. The average molecular weight is 369 g/mol. The third-order valence-corrected chi connectivity index (χ3v) is 4.86. The molecular formula is C20H17ClN2OS. The Kier molecular flexibility index (Phi) is 5.74. The smallest absolute Gasteiger partial charge is 0.253 e. The van der Waals surface area contributed by atoms with E-state index in [2.05, 4.69) is 10.3 Å². The van der Waals surface area contributed by atoms with E-state index in [0.717, 1.165) is 16.2 Å². The Morgan fingerprint density at radius 2 is 1.84 bits per heavy atom. The van der Waals surface area contributed by atoms with Crippen LogP contribution in [0.1, 0.15) is 27.7 Å². The Morgan fingerprint density at radius 3 is 2.52 bits per heavy atom. The van der Waals surface area contributed by atoms with Crippen LogP contribution in [0.25, 0.3) is 0 Å². The Morgan fingerprint density at radius 1 is 1.08 bits per heavy atom. The van der Waals surface area contributed by atoms with Crippen molar-refractivity contribution in [2.45, 2.75) is 10.9 Å². The van der Waals surface area contributed by atoms with Crippen molar-refractivity contribution in [1.82, 2.24) is 10.3 Å². The molecular weight excluding hydrogens is 352 g/mol. The molecule has 0 aliphatic heterocycles. The van der Waals surface area contributed by atoms with E-state index in [0.29, 0.717) is 10.6 Å². The van der Waals surface area contributed by atoms with Crippen LogP contribution in [0, 0.1) is 0 Å². The topological polar surface area (TPSA) is 42.0 Å². The van der Waals surface area contributed by atoms with Crippen LogP contribution in [0.2, 0.25) is 5.02 Å². The molecule has 0 aliphatic rings.